The van der Waals surface area contributed by atoms with Crippen molar-refractivity contribution in [1.82, 2.24) is 9.96 Å². The van der Waals surface area contributed by atoms with E-state index in [2.05, 4.69) is 0 Å². The molecule has 9 heteroatoms. The fourth-order valence-corrected chi connectivity index (χ4v) is 5.61. The molecule has 0 radical (unpaired) electrons. The summed E-state index contributed by atoms with van der Waals surface area (Å²) in [7, 11) is 0. The van der Waals surface area contributed by atoms with Crippen molar-refractivity contribution in [1.29, 1.82) is 0 Å². The molecule has 0 saturated carbocycles. The van der Waals surface area contributed by atoms with Crippen molar-refractivity contribution in [2.75, 3.05) is 13.2 Å². The second kappa shape index (κ2) is 12.1. The molecule has 0 atom stereocenters. The first kappa shape index (κ1) is 28.2. The summed E-state index contributed by atoms with van der Waals surface area (Å²) >= 11 is 6.01. The fraction of sp³-hybridized carbons (Fsp3) is 0.176. The first-order valence-corrected chi connectivity index (χ1v) is 14.3. The van der Waals surface area contributed by atoms with E-state index in [0.29, 0.717) is 10.1 Å². The molecule has 1 aliphatic heterocycles. The van der Waals surface area contributed by atoms with E-state index in [0.717, 1.165) is 38.9 Å². The third-order valence-corrected chi connectivity index (χ3v) is 7.87. The fourth-order valence-electron chi connectivity index (χ4n) is 5.48. The Kier molecular flexibility index (Phi) is 7.94. The van der Waals surface area contributed by atoms with Crippen molar-refractivity contribution in [2.24, 2.45) is 0 Å². The van der Waals surface area contributed by atoms with Gasteiger partial charge in [-0.1, -0.05) is 96.5 Å². The van der Waals surface area contributed by atoms with Gasteiger partial charge in [0.15, 0.2) is 0 Å². The molecule has 0 spiro atoms. The van der Waals surface area contributed by atoms with E-state index in [1.807, 2.05) is 97.1 Å². The number of rotatable bonds is 8. The lowest BCUT2D eigenvalue weighted by Crippen LogP contribution is -2.40. The number of halogens is 1. The molecule has 0 unspecified atom stereocenters. The average Bonchev–Trinajstić information content (AvgIpc) is 3.52. The minimum atomic E-state index is -0.921. The summed E-state index contributed by atoms with van der Waals surface area (Å²) < 4.78 is 5.81. The quantitative estimate of drug-likeness (QED) is 0.220. The predicted octanol–water partition coefficient (Wildman–Crippen LogP) is 6.37. The standard InChI is InChI=1S/C34H27ClN2O6/c35-25-15-13-24(14-16-25)23-11-9-22(10-12-23)19-36(20-33(40)43-37-31(38)17-18-32(37)39)34(41)42-21-30-28-7-3-1-5-26(28)27-6-2-4-8-29(27)30/h1-16,30H,17-21H2. The van der Waals surface area contributed by atoms with Crippen molar-refractivity contribution in [3.8, 4) is 22.3 Å². The molecular formula is C34H27ClN2O6. The Hall–Kier alpha value is -4.95. The average molecular weight is 595 g/mol. The van der Waals surface area contributed by atoms with Crippen LogP contribution in [0.5, 0.6) is 0 Å². The minimum Gasteiger partial charge on any atom is -0.448 e. The van der Waals surface area contributed by atoms with E-state index in [1.165, 1.54) is 4.90 Å². The van der Waals surface area contributed by atoms with Crippen LogP contribution in [-0.4, -0.2) is 47.0 Å². The number of fused-ring (bicyclic) bond motifs is 3. The van der Waals surface area contributed by atoms with Crippen LogP contribution in [0.4, 0.5) is 4.79 Å². The van der Waals surface area contributed by atoms with Gasteiger partial charge in [-0.25, -0.2) is 9.59 Å². The van der Waals surface area contributed by atoms with Gasteiger partial charge in [-0.05, 0) is 51.1 Å². The number of carbonyl (C=O) groups is 4. The van der Waals surface area contributed by atoms with Gasteiger partial charge in [-0.2, -0.15) is 0 Å². The largest absolute Gasteiger partial charge is 0.448 e. The number of benzene rings is 4. The summed E-state index contributed by atoms with van der Waals surface area (Å²) in [6, 6.07) is 31.0. The highest BCUT2D eigenvalue weighted by atomic mass is 35.5. The Morgan fingerprint density at radius 1 is 0.767 bits per heavy atom. The predicted molar refractivity (Wildman–Crippen MR) is 160 cm³/mol. The summed E-state index contributed by atoms with van der Waals surface area (Å²) in [5.74, 6) is -2.27. The zero-order valence-electron chi connectivity index (χ0n) is 23.1. The lowest BCUT2D eigenvalue weighted by molar-refractivity contribution is -0.197. The van der Waals surface area contributed by atoms with Gasteiger partial charge in [0.2, 0.25) is 0 Å². The number of nitrogens with zero attached hydrogens (tertiary/aromatic N) is 2. The van der Waals surface area contributed by atoms with E-state index in [4.69, 9.17) is 21.2 Å². The van der Waals surface area contributed by atoms with E-state index < -0.39 is 30.4 Å². The summed E-state index contributed by atoms with van der Waals surface area (Å²) in [5.41, 5.74) is 7.00. The van der Waals surface area contributed by atoms with Gasteiger partial charge in [0, 0.05) is 30.3 Å². The third kappa shape index (κ3) is 6.01. The van der Waals surface area contributed by atoms with Crippen LogP contribution in [-0.2, 0) is 30.5 Å². The highest BCUT2D eigenvalue weighted by Crippen LogP contribution is 2.44. The van der Waals surface area contributed by atoms with Crippen molar-refractivity contribution in [3.05, 3.63) is 119 Å². The molecule has 6 rings (SSSR count). The Morgan fingerprint density at radius 3 is 1.88 bits per heavy atom. The molecule has 0 aromatic heterocycles. The van der Waals surface area contributed by atoms with Gasteiger partial charge in [-0.15, -0.1) is 5.06 Å². The Morgan fingerprint density at radius 2 is 1.30 bits per heavy atom. The number of ether oxygens (including phenoxy) is 1. The van der Waals surface area contributed by atoms with Crippen LogP contribution in [0.3, 0.4) is 0 Å². The molecule has 0 bridgehead atoms. The molecule has 43 heavy (non-hydrogen) atoms. The topological polar surface area (TPSA) is 93.2 Å². The normalized spacial score (nSPS) is 13.9. The van der Waals surface area contributed by atoms with Crippen molar-refractivity contribution >= 4 is 35.5 Å². The first-order valence-electron chi connectivity index (χ1n) is 13.9. The smallest absolute Gasteiger partial charge is 0.410 e. The Labute approximate surface area is 253 Å². The number of hydrogen-bond acceptors (Lipinski definition) is 6. The van der Waals surface area contributed by atoms with Gasteiger partial charge in [0.25, 0.3) is 11.8 Å². The SMILES string of the molecule is O=C(CN(Cc1ccc(-c2ccc(Cl)cc2)cc1)C(=O)OCC1c2ccccc2-c2ccccc21)ON1C(=O)CCC1=O. The van der Waals surface area contributed by atoms with E-state index in [9.17, 15) is 19.2 Å². The molecule has 2 aliphatic rings. The molecule has 1 saturated heterocycles. The van der Waals surface area contributed by atoms with Crippen LogP contribution in [0.2, 0.25) is 5.02 Å². The first-order chi connectivity index (χ1) is 20.9. The molecule has 4 aromatic carbocycles. The third-order valence-electron chi connectivity index (χ3n) is 7.62. The molecule has 1 aliphatic carbocycles. The molecule has 8 nitrogen and oxygen atoms in total. The molecule has 216 valence electrons. The number of imide groups is 1. The van der Waals surface area contributed by atoms with Crippen LogP contribution < -0.4 is 0 Å². The van der Waals surface area contributed by atoms with Crippen molar-refractivity contribution < 1.29 is 28.8 Å². The minimum absolute atomic E-state index is 0.0256. The molecule has 4 aromatic rings. The maximum absolute atomic E-state index is 13.5. The van der Waals surface area contributed by atoms with Crippen LogP contribution in [0.15, 0.2) is 97.1 Å². The highest BCUT2D eigenvalue weighted by molar-refractivity contribution is 6.30. The summed E-state index contributed by atoms with van der Waals surface area (Å²) in [4.78, 5) is 56.5. The van der Waals surface area contributed by atoms with Crippen LogP contribution >= 0.6 is 11.6 Å². The number of carbonyl (C=O) groups excluding carboxylic acids is 4. The maximum Gasteiger partial charge on any atom is 0.410 e. The van der Waals surface area contributed by atoms with Crippen LogP contribution in [0.25, 0.3) is 22.3 Å². The molecular weight excluding hydrogens is 568 g/mol. The van der Waals surface area contributed by atoms with E-state index >= 15 is 0 Å². The molecule has 0 N–H and O–H groups in total. The van der Waals surface area contributed by atoms with E-state index in [-0.39, 0.29) is 31.9 Å². The summed E-state index contributed by atoms with van der Waals surface area (Å²) in [6.07, 6.45) is -0.774. The number of hydroxylamine groups is 2. The van der Waals surface area contributed by atoms with Crippen molar-refractivity contribution in [2.45, 2.75) is 25.3 Å². The number of amides is 3. The molecule has 1 heterocycles. The van der Waals surface area contributed by atoms with Crippen LogP contribution in [0, 0.1) is 0 Å². The van der Waals surface area contributed by atoms with Crippen molar-refractivity contribution in [3.63, 3.8) is 0 Å². The monoisotopic (exact) mass is 594 g/mol. The lowest BCUT2D eigenvalue weighted by Gasteiger charge is -2.24. The van der Waals surface area contributed by atoms with Gasteiger partial charge in [-0.3, -0.25) is 14.5 Å². The zero-order chi connectivity index (χ0) is 29.9. The second-order valence-electron chi connectivity index (χ2n) is 10.4. The summed E-state index contributed by atoms with van der Waals surface area (Å²) in [6.45, 7) is -0.418. The van der Waals surface area contributed by atoms with Gasteiger partial charge in [0.1, 0.15) is 13.2 Å². The lowest BCUT2D eigenvalue weighted by atomic mass is 9.98. The van der Waals surface area contributed by atoms with Crippen LogP contribution in [0.1, 0.15) is 35.4 Å². The van der Waals surface area contributed by atoms with Gasteiger partial charge >= 0.3 is 12.1 Å². The molecule has 1 fully saturated rings. The number of hydrogen-bond donors (Lipinski definition) is 0. The molecule has 3 amide bonds. The summed E-state index contributed by atoms with van der Waals surface area (Å²) in [5, 5.41) is 1.11. The Balaban J connectivity index is 1.19. The highest BCUT2D eigenvalue weighted by Gasteiger charge is 2.34. The maximum atomic E-state index is 13.5. The van der Waals surface area contributed by atoms with E-state index in [1.54, 1.807) is 0 Å². The van der Waals surface area contributed by atoms with Gasteiger partial charge in [0.05, 0.1) is 0 Å². The zero-order valence-corrected chi connectivity index (χ0v) is 23.8. The van der Waals surface area contributed by atoms with Gasteiger partial charge < -0.3 is 9.57 Å². The second-order valence-corrected chi connectivity index (χ2v) is 10.8. The Bertz CT molecular complexity index is 1640.